The van der Waals surface area contributed by atoms with Crippen LogP contribution in [0.4, 0.5) is 11.5 Å². The van der Waals surface area contributed by atoms with Crippen molar-refractivity contribution in [2.75, 3.05) is 49.2 Å². The van der Waals surface area contributed by atoms with Gasteiger partial charge in [0.15, 0.2) is 0 Å². The number of rotatable bonds is 9. The average molecular weight is 581 g/mol. The Balaban J connectivity index is 1.29. The van der Waals surface area contributed by atoms with Crippen LogP contribution in [0.25, 0.3) is 10.8 Å². The molecule has 0 spiro atoms. The van der Waals surface area contributed by atoms with E-state index < -0.39 is 0 Å². The molecule has 0 radical (unpaired) electrons. The summed E-state index contributed by atoms with van der Waals surface area (Å²) in [6, 6.07) is 15.3. The van der Waals surface area contributed by atoms with Crippen molar-refractivity contribution in [1.82, 2.24) is 14.9 Å². The van der Waals surface area contributed by atoms with Gasteiger partial charge in [0.1, 0.15) is 12.4 Å². The van der Waals surface area contributed by atoms with Crippen LogP contribution in [0.5, 0.6) is 6.01 Å². The van der Waals surface area contributed by atoms with Gasteiger partial charge in [-0.15, -0.1) is 0 Å². The van der Waals surface area contributed by atoms with Crippen LogP contribution in [0.3, 0.4) is 0 Å². The number of hydrogen-bond donors (Lipinski definition) is 0. The molecule has 0 bridgehead atoms. The van der Waals surface area contributed by atoms with Gasteiger partial charge in [-0.3, -0.25) is 4.79 Å². The lowest BCUT2D eigenvalue weighted by molar-refractivity contribution is -0.128. The van der Waals surface area contributed by atoms with Gasteiger partial charge >= 0.3 is 6.01 Å². The summed E-state index contributed by atoms with van der Waals surface area (Å²) < 4.78 is 12.1. The molecule has 1 atom stereocenters. The fourth-order valence-corrected chi connectivity index (χ4v) is 6.83. The summed E-state index contributed by atoms with van der Waals surface area (Å²) >= 11 is 0. The van der Waals surface area contributed by atoms with Crippen LogP contribution < -0.4 is 14.5 Å². The molecule has 9 heteroatoms. The average Bonchev–Trinajstić information content (AvgIpc) is 3.56. The van der Waals surface area contributed by atoms with Crippen molar-refractivity contribution in [3.8, 4) is 12.1 Å². The molecule has 1 aromatic heterocycles. The van der Waals surface area contributed by atoms with Gasteiger partial charge in [0.2, 0.25) is 5.91 Å². The van der Waals surface area contributed by atoms with E-state index in [4.69, 9.17) is 19.4 Å². The van der Waals surface area contributed by atoms with Gasteiger partial charge in [-0.25, -0.2) is 0 Å². The third-order valence-corrected chi connectivity index (χ3v) is 8.99. The quantitative estimate of drug-likeness (QED) is 0.259. The molecule has 9 nitrogen and oxygen atoms in total. The number of benzene rings is 2. The summed E-state index contributed by atoms with van der Waals surface area (Å²) in [7, 11) is 0. The second-order valence-corrected chi connectivity index (χ2v) is 11.7. The van der Waals surface area contributed by atoms with Gasteiger partial charge in [-0.2, -0.15) is 15.2 Å². The lowest BCUT2D eigenvalue weighted by Crippen LogP contribution is -2.55. The van der Waals surface area contributed by atoms with E-state index in [2.05, 4.69) is 65.8 Å². The van der Waals surface area contributed by atoms with E-state index in [-0.39, 0.29) is 18.4 Å². The Bertz CT molecular complexity index is 1520. The van der Waals surface area contributed by atoms with Crippen LogP contribution in [0.15, 0.2) is 49.1 Å². The molecule has 43 heavy (non-hydrogen) atoms. The molecule has 2 aliphatic heterocycles. The second kappa shape index (κ2) is 13.0. The maximum atomic E-state index is 12.5. The van der Waals surface area contributed by atoms with Crippen molar-refractivity contribution in [3.05, 3.63) is 65.9 Å². The van der Waals surface area contributed by atoms with E-state index in [0.717, 1.165) is 42.9 Å². The molecule has 224 valence electrons. The summed E-state index contributed by atoms with van der Waals surface area (Å²) in [6.45, 7) is 9.83. The molecular weight excluding hydrogens is 540 g/mol. The predicted molar refractivity (Wildman–Crippen MR) is 167 cm³/mol. The molecule has 1 amide bonds. The Morgan fingerprint density at radius 1 is 1.09 bits per heavy atom. The fraction of sp³-hybridized carbons (Fsp3) is 0.471. The van der Waals surface area contributed by atoms with E-state index in [1.165, 1.54) is 40.9 Å². The minimum atomic E-state index is -0.238. The maximum absolute atomic E-state index is 12.5. The van der Waals surface area contributed by atoms with Crippen molar-refractivity contribution >= 4 is 28.2 Å². The van der Waals surface area contributed by atoms with E-state index in [9.17, 15) is 10.1 Å². The number of aryl methyl sites for hydroxylation is 1. The first-order chi connectivity index (χ1) is 21.1. The zero-order valence-corrected chi connectivity index (χ0v) is 25.0. The van der Waals surface area contributed by atoms with Crippen molar-refractivity contribution in [3.63, 3.8) is 0 Å². The van der Waals surface area contributed by atoms with Crippen LogP contribution in [-0.2, 0) is 22.5 Å². The van der Waals surface area contributed by atoms with Crippen molar-refractivity contribution in [2.24, 2.45) is 0 Å². The maximum Gasteiger partial charge on any atom is 0.318 e. The lowest BCUT2D eigenvalue weighted by Gasteiger charge is -2.42. The first-order valence-corrected chi connectivity index (χ1v) is 15.5. The van der Waals surface area contributed by atoms with Gasteiger partial charge in [0.05, 0.1) is 43.5 Å². The van der Waals surface area contributed by atoms with Crippen LogP contribution >= 0.6 is 0 Å². The SMILES string of the molecule is C=CC(=O)N1CCN(c2nc(OCCOC3CCCC3)nc3c2CCN(c2cccc4cccc(C)c24)C3)C[C@@H]1CC#N. The standard InChI is InChI=1S/C34H40N6O3/c1-3-31(41)40-19-18-39(22-26(40)14-16-35)33-28-15-17-38(30-13-7-10-25-9-6-8-24(2)32(25)30)23-29(28)36-34(37-33)43-21-20-42-27-11-4-5-12-27/h3,6-10,13,26-27H,1,4-5,11-12,14-15,17-23H2,2H3/t26-/m0/s1. The minimum absolute atomic E-state index is 0.142. The molecule has 0 N–H and O–H groups in total. The normalized spacial score (nSPS) is 18.9. The lowest BCUT2D eigenvalue weighted by atomic mass is 9.99. The zero-order chi connectivity index (χ0) is 29.8. The number of ether oxygens (including phenoxy) is 2. The van der Waals surface area contributed by atoms with Gasteiger partial charge in [-0.1, -0.05) is 49.8 Å². The zero-order valence-electron chi connectivity index (χ0n) is 25.0. The number of amides is 1. The molecule has 3 heterocycles. The molecule has 1 saturated carbocycles. The monoisotopic (exact) mass is 580 g/mol. The van der Waals surface area contributed by atoms with Crippen molar-refractivity contribution in [1.29, 1.82) is 5.26 Å². The van der Waals surface area contributed by atoms with E-state index in [0.29, 0.717) is 51.5 Å². The fourth-order valence-electron chi connectivity index (χ4n) is 6.83. The molecule has 1 aliphatic carbocycles. The Labute approximate surface area is 253 Å². The highest BCUT2D eigenvalue weighted by Gasteiger charge is 2.33. The number of carbonyl (C=O) groups excluding carboxylic acids is 1. The number of fused-ring (bicyclic) bond motifs is 2. The second-order valence-electron chi connectivity index (χ2n) is 11.7. The number of nitrogens with zero attached hydrogens (tertiary/aromatic N) is 6. The van der Waals surface area contributed by atoms with Crippen LogP contribution in [0.1, 0.15) is 48.9 Å². The van der Waals surface area contributed by atoms with E-state index in [1.807, 2.05) is 0 Å². The third kappa shape index (κ3) is 6.16. The van der Waals surface area contributed by atoms with E-state index in [1.54, 1.807) is 4.90 Å². The predicted octanol–water partition coefficient (Wildman–Crippen LogP) is 4.96. The topological polar surface area (TPSA) is 94.8 Å². The molecule has 0 unspecified atom stereocenters. The van der Waals surface area contributed by atoms with E-state index >= 15 is 0 Å². The summed E-state index contributed by atoms with van der Waals surface area (Å²) in [5.41, 5.74) is 4.53. The molecular formula is C34H40N6O3. The molecule has 3 aromatic rings. The summed E-state index contributed by atoms with van der Waals surface area (Å²) in [5, 5.41) is 12.0. The van der Waals surface area contributed by atoms with Crippen molar-refractivity contribution < 1.29 is 14.3 Å². The number of hydrogen-bond acceptors (Lipinski definition) is 8. The first-order valence-electron chi connectivity index (χ1n) is 15.5. The highest BCUT2D eigenvalue weighted by molar-refractivity contribution is 5.97. The largest absolute Gasteiger partial charge is 0.461 e. The van der Waals surface area contributed by atoms with Gasteiger partial charge in [-0.05, 0) is 49.3 Å². The molecule has 6 rings (SSSR count). The third-order valence-electron chi connectivity index (χ3n) is 8.99. The minimum Gasteiger partial charge on any atom is -0.461 e. The van der Waals surface area contributed by atoms with Gasteiger partial charge in [0.25, 0.3) is 0 Å². The highest BCUT2D eigenvalue weighted by Crippen LogP contribution is 2.36. The van der Waals surface area contributed by atoms with Gasteiger partial charge < -0.3 is 24.2 Å². The summed E-state index contributed by atoms with van der Waals surface area (Å²) in [5.74, 6) is 0.705. The highest BCUT2D eigenvalue weighted by atomic mass is 16.5. The van der Waals surface area contributed by atoms with Crippen LogP contribution in [-0.4, -0.2) is 72.3 Å². The molecule has 2 aromatic carbocycles. The summed E-state index contributed by atoms with van der Waals surface area (Å²) in [6.07, 6.45) is 7.39. The number of nitriles is 1. The smallest absolute Gasteiger partial charge is 0.318 e. The Morgan fingerprint density at radius 2 is 1.91 bits per heavy atom. The first kappa shape index (κ1) is 28.9. The van der Waals surface area contributed by atoms with Crippen LogP contribution in [0.2, 0.25) is 0 Å². The molecule has 1 saturated heterocycles. The number of piperazine rings is 1. The summed E-state index contributed by atoms with van der Waals surface area (Å²) in [4.78, 5) is 28.8. The number of anilines is 2. The molecule has 3 aliphatic rings. The number of aromatic nitrogens is 2. The number of carbonyl (C=O) groups is 1. The Morgan fingerprint density at radius 3 is 2.70 bits per heavy atom. The van der Waals surface area contributed by atoms with Crippen LogP contribution in [0, 0.1) is 18.3 Å². The molecule has 2 fully saturated rings. The van der Waals surface area contributed by atoms with Gasteiger partial charge in [0, 0.05) is 42.8 Å². The Hall–Kier alpha value is -4.16. The Kier molecular flexibility index (Phi) is 8.75. The van der Waals surface area contributed by atoms with Crippen molar-refractivity contribution in [2.45, 2.75) is 64.1 Å².